The third-order valence-corrected chi connectivity index (χ3v) is 6.62. The Morgan fingerprint density at radius 3 is 2.37 bits per heavy atom. The molecule has 1 amide bonds. The standard InChI is InChI=1S/C19H20F3NO3S/c1-23(16(24)12-5-3-2-4-6-12)14-11-13(27-15(14)17(25)26)7-8-18(9-10-18)19(20,21)22/h12-13H,1-6,9-11H2/p+1. The number of thioether (sulfide) groups is 1. The Balaban J connectivity index is 1.74. The minimum atomic E-state index is -4.37. The van der Waals surface area contributed by atoms with Gasteiger partial charge >= 0.3 is 18.1 Å². The molecule has 8 heteroatoms. The van der Waals surface area contributed by atoms with Crippen LogP contribution in [0.3, 0.4) is 0 Å². The molecule has 1 N–H and O–H groups in total. The van der Waals surface area contributed by atoms with Crippen LogP contribution >= 0.6 is 11.8 Å². The van der Waals surface area contributed by atoms with E-state index in [1.54, 1.807) is 0 Å². The van der Waals surface area contributed by atoms with E-state index >= 15 is 0 Å². The Bertz CT molecular complexity index is 765. The summed E-state index contributed by atoms with van der Waals surface area (Å²) in [6.45, 7) is 3.74. The predicted octanol–water partition coefficient (Wildman–Crippen LogP) is 3.95. The molecule has 0 aromatic heterocycles. The van der Waals surface area contributed by atoms with Crippen LogP contribution in [-0.2, 0) is 9.59 Å². The van der Waals surface area contributed by atoms with Crippen molar-refractivity contribution in [2.45, 2.75) is 62.8 Å². The Morgan fingerprint density at radius 1 is 1.22 bits per heavy atom. The summed E-state index contributed by atoms with van der Waals surface area (Å²) in [6, 6.07) is 0. The topological polar surface area (TPSA) is 57.4 Å². The molecule has 146 valence electrons. The number of amides is 1. The number of alkyl halides is 3. The predicted molar refractivity (Wildman–Crippen MR) is 95.1 cm³/mol. The smallest absolute Gasteiger partial charge is 0.405 e. The first-order valence-corrected chi connectivity index (χ1v) is 9.89. The highest BCUT2D eigenvalue weighted by Gasteiger charge is 2.62. The van der Waals surface area contributed by atoms with Crippen LogP contribution in [0.1, 0.15) is 51.4 Å². The Labute approximate surface area is 159 Å². The summed E-state index contributed by atoms with van der Waals surface area (Å²) >= 11 is 0.904. The highest BCUT2D eigenvalue weighted by atomic mass is 32.2. The molecule has 0 radical (unpaired) electrons. The van der Waals surface area contributed by atoms with Crippen LogP contribution in [-0.4, -0.2) is 39.7 Å². The number of carboxylic acid groups (broad SMARTS) is 1. The summed E-state index contributed by atoms with van der Waals surface area (Å²) in [5, 5.41) is 8.82. The first-order valence-electron chi connectivity index (χ1n) is 9.01. The zero-order chi connectivity index (χ0) is 19.8. The normalized spacial score (nSPS) is 24.9. The van der Waals surface area contributed by atoms with Crippen LogP contribution < -0.4 is 0 Å². The molecule has 0 aromatic carbocycles. The summed E-state index contributed by atoms with van der Waals surface area (Å²) < 4.78 is 40.2. The van der Waals surface area contributed by atoms with Crippen molar-refractivity contribution >= 4 is 30.4 Å². The second-order valence-electron chi connectivity index (χ2n) is 7.34. The van der Waals surface area contributed by atoms with Gasteiger partial charge in [0.1, 0.15) is 12.1 Å². The van der Waals surface area contributed by atoms with Crippen LogP contribution in [0.15, 0.2) is 10.6 Å². The van der Waals surface area contributed by atoms with Crippen molar-refractivity contribution in [2.24, 2.45) is 11.3 Å². The van der Waals surface area contributed by atoms with Gasteiger partial charge in [-0.05, 0) is 25.7 Å². The van der Waals surface area contributed by atoms with E-state index < -0.39 is 22.8 Å². The zero-order valence-electron chi connectivity index (χ0n) is 14.8. The van der Waals surface area contributed by atoms with Crippen molar-refractivity contribution < 1.29 is 32.4 Å². The number of nitrogens with zero attached hydrogens (tertiary/aromatic N) is 1. The summed E-state index contributed by atoms with van der Waals surface area (Å²) in [5.74, 6) is 3.33. The number of carbonyl (C=O) groups excluding carboxylic acids is 1. The largest absolute Gasteiger partial charge is 0.477 e. The number of rotatable bonds is 3. The van der Waals surface area contributed by atoms with E-state index in [0.29, 0.717) is 0 Å². The minimum Gasteiger partial charge on any atom is -0.477 e. The molecule has 4 nitrogen and oxygen atoms in total. The van der Waals surface area contributed by atoms with Crippen molar-refractivity contribution in [2.75, 3.05) is 0 Å². The fraction of sp³-hybridized carbons (Fsp3) is 0.632. The summed E-state index contributed by atoms with van der Waals surface area (Å²) in [4.78, 5) is 24.2. The van der Waals surface area contributed by atoms with Crippen LogP contribution in [0.4, 0.5) is 13.2 Å². The molecule has 0 saturated heterocycles. The second-order valence-corrected chi connectivity index (χ2v) is 8.55. The fourth-order valence-corrected chi connectivity index (χ4v) is 4.61. The van der Waals surface area contributed by atoms with Gasteiger partial charge < -0.3 is 5.11 Å². The molecule has 1 unspecified atom stereocenters. The van der Waals surface area contributed by atoms with Gasteiger partial charge in [-0.1, -0.05) is 42.9 Å². The van der Waals surface area contributed by atoms with Crippen LogP contribution in [0.2, 0.25) is 0 Å². The van der Waals surface area contributed by atoms with Crippen LogP contribution in [0.25, 0.3) is 0 Å². The lowest BCUT2D eigenvalue weighted by Crippen LogP contribution is -2.29. The SMILES string of the molecule is C=[N+](C(=O)C1CCCCC1)C1=C(C(=O)O)SC(C#CC2(C(F)(F)F)CC2)C1. The molecule has 3 rings (SSSR count). The van der Waals surface area contributed by atoms with E-state index in [1.807, 2.05) is 0 Å². The molecule has 1 heterocycles. The van der Waals surface area contributed by atoms with E-state index in [1.165, 1.54) is 0 Å². The zero-order valence-corrected chi connectivity index (χ0v) is 15.6. The van der Waals surface area contributed by atoms with Gasteiger partial charge in [-0.2, -0.15) is 13.2 Å². The lowest BCUT2D eigenvalue weighted by molar-refractivity contribution is -0.400. The quantitative estimate of drug-likeness (QED) is 0.443. The first-order chi connectivity index (χ1) is 12.6. The van der Waals surface area contributed by atoms with Crippen molar-refractivity contribution in [3.05, 3.63) is 10.6 Å². The fourth-order valence-electron chi connectivity index (χ4n) is 3.53. The lowest BCUT2D eigenvalue weighted by Gasteiger charge is -2.17. The Kier molecular flexibility index (Phi) is 5.44. The molecule has 3 aliphatic rings. The van der Waals surface area contributed by atoms with Gasteiger partial charge in [0.2, 0.25) is 5.70 Å². The van der Waals surface area contributed by atoms with Crippen LogP contribution in [0.5, 0.6) is 0 Å². The van der Waals surface area contributed by atoms with Gasteiger partial charge in [0.25, 0.3) is 0 Å². The maximum atomic E-state index is 13.0. The number of halogens is 3. The molecular formula is C19H21F3NO3S+. The Hall–Kier alpha value is -1.75. The van der Waals surface area contributed by atoms with Crippen molar-refractivity contribution in [1.29, 1.82) is 0 Å². The van der Waals surface area contributed by atoms with Gasteiger partial charge in [-0.25, -0.2) is 9.59 Å². The summed E-state index contributed by atoms with van der Waals surface area (Å²) in [6.07, 6.45) is 0.201. The number of carboxylic acids is 1. The summed E-state index contributed by atoms with van der Waals surface area (Å²) in [5.41, 5.74) is -1.69. The van der Waals surface area contributed by atoms with E-state index in [9.17, 15) is 27.9 Å². The third kappa shape index (κ3) is 4.08. The van der Waals surface area contributed by atoms with E-state index in [2.05, 4.69) is 18.6 Å². The number of hydrogen-bond acceptors (Lipinski definition) is 3. The van der Waals surface area contributed by atoms with Gasteiger partial charge in [0.05, 0.1) is 17.6 Å². The minimum absolute atomic E-state index is 0.0193. The van der Waals surface area contributed by atoms with E-state index in [4.69, 9.17) is 0 Å². The van der Waals surface area contributed by atoms with Gasteiger partial charge in [-0.15, -0.1) is 4.58 Å². The third-order valence-electron chi connectivity index (χ3n) is 5.41. The van der Waals surface area contributed by atoms with E-state index in [0.717, 1.165) is 48.4 Å². The maximum Gasteiger partial charge on any atom is 0.405 e. The maximum absolute atomic E-state index is 13.0. The van der Waals surface area contributed by atoms with Gasteiger partial charge in [0.15, 0.2) is 4.91 Å². The highest BCUT2D eigenvalue weighted by molar-refractivity contribution is 8.05. The molecule has 2 aliphatic carbocycles. The van der Waals surface area contributed by atoms with Crippen molar-refractivity contribution in [1.82, 2.24) is 0 Å². The molecule has 1 atom stereocenters. The molecular weight excluding hydrogens is 379 g/mol. The van der Waals surface area contributed by atoms with Gasteiger partial charge in [0, 0.05) is 0 Å². The monoisotopic (exact) mass is 400 g/mol. The number of allylic oxidation sites excluding steroid dienone is 1. The highest BCUT2D eigenvalue weighted by Crippen LogP contribution is 2.57. The molecule has 2 fully saturated rings. The molecule has 0 aromatic rings. The van der Waals surface area contributed by atoms with E-state index in [-0.39, 0.29) is 41.7 Å². The molecule has 0 bridgehead atoms. The first kappa shape index (κ1) is 20.0. The molecule has 27 heavy (non-hydrogen) atoms. The number of aliphatic carboxylic acids is 1. The van der Waals surface area contributed by atoms with Crippen molar-refractivity contribution in [3.63, 3.8) is 0 Å². The number of carbonyl (C=O) groups is 2. The summed E-state index contributed by atoms with van der Waals surface area (Å²) in [7, 11) is 0. The molecule has 0 spiro atoms. The van der Waals surface area contributed by atoms with Crippen molar-refractivity contribution in [3.8, 4) is 11.8 Å². The lowest BCUT2D eigenvalue weighted by atomic mass is 9.88. The average Bonchev–Trinajstić information content (AvgIpc) is 3.32. The Morgan fingerprint density at radius 2 is 1.85 bits per heavy atom. The molecule has 1 aliphatic heterocycles. The number of hydrogen-bond donors (Lipinski definition) is 1. The van der Waals surface area contributed by atoms with Crippen LogP contribution in [0, 0.1) is 23.2 Å². The second kappa shape index (κ2) is 7.34. The van der Waals surface area contributed by atoms with Gasteiger partial charge in [-0.3, -0.25) is 0 Å². The molecule has 2 saturated carbocycles. The average molecular weight is 400 g/mol.